The van der Waals surface area contributed by atoms with Gasteiger partial charge in [0.1, 0.15) is 0 Å². The maximum absolute atomic E-state index is 3.52. The van der Waals surface area contributed by atoms with Crippen molar-refractivity contribution in [3.05, 3.63) is 0 Å². The lowest BCUT2D eigenvalue weighted by atomic mass is 9.82. The van der Waals surface area contributed by atoms with Crippen LogP contribution >= 0.6 is 0 Å². The summed E-state index contributed by atoms with van der Waals surface area (Å²) in [4.78, 5) is 2.72. The largest absolute Gasteiger partial charge is 0.314 e. The lowest BCUT2D eigenvalue weighted by molar-refractivity contribution is 0.109. The Bertz CT molecular complexity index is 187. The fourth-order valence-corrected chi connectivity index (χ4v) is 2.83. The number of piperazine rings is 1. The summed E-state index contributed by atoms with van der Waals surface area (Å²) in [7, 11) is 0. The van der Waals surface area contributed by atoms with Gasteiger partial charge in [-0.05, 0) is 24.8 Å². The SMILES string of the molecule is CC(C)C1CNCCN1CCC1CCC1. The van der Waals surface area contributed by atoms with Gasteiger partial charge in [-0.25, -0.2) is 0 Å². The molecule has 1 aliphatic heterocycles. The molecular weight excluding hydrogens is 184 g/mol. The second-order valence-electron chi connectivity index (χ2n) is 5.64. The van der Waals surface area contributed by atoms with E-state index in [1.54, 1.807) is 0 Å². The van der Waals surface area contributed by atoms with Crippen molar-refractivity contribution in [3.8, 4) is 0 Å². The Balaban J connectivity index is 1.76. The molecule has 0 amide bonds. The Morgan fingerprint density at radius 2 is 2.13 bits per heavy atom. The lowest BCUT2D eigenvalue weighted by Crippen LogP contribution is -2.53. The molecule has 2 nitrogen and oxygen atoms in total. The normalized spacial score (nSPS) is 29.4. The van der Waals surface area contributed by atoms with Gasteiger partial charge in [0.05, 0.1) is 0 Å². The van der Waals surface area contributed by atoms with Crippen molar-refractivity contribution < 1.29 is 0 Å². The van der Waals surface area contributed by atoms with Crippen LogP contribution in [-0.2, 0) is 0 Å². The van der Waals surface area contributed by atoms with E-state index < -0.39 is 0 Å². The lowest BCUT2D eigenvalue weighted by Gasteiger charge is -2.40. The second-order valence-corrected chi connectivity index (χ2v) is 5.64. The van der Waals surface area contributed by atoms with Crippen LogP contribution in [-0.4, -0.2) is 37.1 Å². The Labute approximate surface area is 94.4 Å². The van der Waals surface area contributed by atoms with Gasteiger partial charge in [-0.3, -0.25) is 4.90 Å². The van der Waals surface area contributed by atoms with Gasteiger partial charge in [0.15, 0.2) is 0 Å². The molecule has 88 valence electrons. The number of hydrogen-bond acceptors (Lipinski definition) is 2. The van der Waals surface area contributed by atoms with Gasteiger partial charge in [0.25, 0.3) is 0 Å². The van der Waals surface area contributed by atoms with E-state index in [2.05, 4.69) is 24.1 Å². The molecular formula is C13H26N2. The smallest absolute Gasteiger partial charge is 0.0244 e. The van der Waals surface area contributed by atoms with Gasteiger partial charge < -0.3 is 5.32 Å². The van der Waals surface area contributed by atoms with Gasteiger partial charge in [-0.2, -0.15) is 0 Å². The first-order valence-corrected chi connectivity index (χ1v) is 6.72. The van der Waals surface area contributed by atoms with Crippen molar-refractivity contribution in [3.63, 3.8) is 0 Å². The molecule has 2 aliphatic rings. The summed E-state index contributed by atoms with van der Waals surface area (Å²) in [6.07, 6.45) is 5.93. The zero-order valence-electron chi connectivity index (χ0n) is 10.3. The molecule has 0 aromatic carbocycles. The highest BCUT2D eigenvalue weighted by Crippen LogP contribution is 2.30. The molecule has 1 unspecified atom stereocenters. The zero-order chi connectivity index (χ0) is 10.7. The molecule has 0 spiro atoms. The number of nitrogens with one attached hydrogen (secondary N) is 1. The molecule has 2 rings (SSSR count). The molecule has 1 atom stereocenters. The minimum Gasteiger partial charge on any atom is -0.314 e. The molecule has 2 fully saturated rings. The summed E-state index contributed by atoms with van der Waals surface area (Å²) in [6, 6.07) is 0.777. The van der Waals surface area contributed by atoms with E-state index >= 15 is 0 Å². The maximum atomic E-state index is 3.52. The number of nitrogens with zero attached hydrogens (tertiary/aromatic N) is 1. The van der Waals surface area contributed by atoms with Crippen LogP contribution in [0.25, 0.3) is 0 Å². The Morgan fingerprint density at radius 1 is 1.33 bits per heavy atom. The Hall–Kier alpha value is -0.0800. The average Bonchev–Trinajstić information content (AvgIpc) is 2.16. The third-order valence-corrected chi connectivity index (χ3v) is 4.22. The molecule has 1 N–H and O–H groups in total. The van der Waals surface area contributed by atoms with E-state index in [0.29, 0.717) is 0 Å². The van der Waals surface area contributed by atoms with Crippen molar-refractivity contribution >= 4 is 0 Å². The first-order valence-electron chi connectivity index (χ1n) is 6.72. The quantitative estimate of drug-likeness (QED) is 0.764. The van der Waals surface area contributed by atoms with E-state index in [1.807, 2.05) is 0 Å². The van der Waals surface area contributed by atoms with Crippen molar-refractivity contribution in [2.24, 2.45) is 11.8 Å². The maximum Gasteiger partial charge on any atom is 0.0244 e. The predicted octanol–water partition coefficient (Wildman–Crippen LogP) is 2.11. The predicted molar refractivity (Wildman–Crippen MR) is 65.0 cm³/mol. The molecule has 1 aliphatic carbocycles. The first kappa shape index (κ1) is 11.4. The van der Waals surface area contributed by atoms with Crippen molar-refractivity contribution in [1.29, 1.82) is 0 Å². The average molecular weight is 210 g/mol. The molecule has 0 aromatic rings. The monoisotopic (exact) mass is 210 g/mol. The second kappa shape index (κ2) is 5.31. The fourth-order valence-electron chi connectivity index (χ4n) is 2.83. The van der Waals surface area contributed by atoms with Gasteiger partial charge in [0.2, 0.25) is 0 Å². The zero-order valence-corrected chi connectivity index (χ0v) is 10.3. The Morgan fingerprint density at radius 3 is 2.73 bits per heavy atom. The van der Waals surface area contributed by atoms with Crippen LogP contribution in [0.3, 0.4) is 0 Å². The number of hydrogen-bond donors (Lipinski definition) is 1. The van der Waals surface area contributed by atoms with Crippen molar-refractivity contribution in [2.45, 2.75) is 45.6 Å². The van der Waals surface area contributed by atoms with Crippen LogP contribution in [0.1, 0.15) is 39.5 Å². The van der Waals surface area contributed by atoms with Crippen LogP contribution in [0, 0.1) is 11.8 Å². The van der Waals surface area contributed by atoms with E-state index in [9.17, 15) is 0 Å². The summed E-state index contributed by atoms with van der Waals surface area (Å²) in [6.45, 7) is 9.70. The van der Waals surface area contributed by atoms with E-state index in [4.69, 9.17) is 0 Å². The molecule has 2 heteroatoms. The Kier molecular flexibility index (Phi) is 4.04. The molecule has 0 radical (unpaired) electrons. The third kappa shape index (κ3) is 2.94. The van der Waals surface area contributed by atoms with Gasteiger partial charge in [-0.15, -0.1) is 0 Å². The van der Waals surface area contributed by atoms with Crippen LogP contribution in [0.15, 0.2) is 0 Å². The van der Waals surface area contributed by atoms with Crippen molar-refractivity contribution in [2.75, 3.05) is 26.2 Å². The molecule has 1 saturated carbocycles. The highest BCUT2D eigenvalue weighted by Gasteiger charge is 2.26. The van der Waals surface area contributed by atoms with E-state index in [0.717, 1.165) is 17.9 Å². The van der Waals surface area contributed by atoms with E-state index in [1.165, 1.54) is 51.9 Å². The molecule has 1 heterocycles. The highest BCUT2D eigenvalue weighted by molar-refractivity contribution is 4.83. The highest BCUT2D eigenvalue weighted by atomic mass is 15.2. The topological polar surface area (TPSA) is 15.3 Å². The van der Waals surface area contributed by atoms with Gasteiger partial charge >= 0.3 is 0 Å². The molecule has 0 aromatic heterocycles. The van der Waals surface area contributed by atoms with Crippen LogP contribution in [0.5, 0.6) is 0 Å². The summed E-state index contributed by atoms with van der Waals surface area (Å²) in [5.41, 5.74) is 0. The van der Waals surface area contributed by atoms with Crippen molar-refractivity contribution in [1.82, 2.24) is 10.2 Å². The minimum atomic E-state index is 0.777. The molecule has 0 bridgehead atoms. The summed E-state index contributed by atoms with van der Waals surface area (Å²) >= 11 is 0. The van der Waals surface area contributed by atoms with Crippen LogP contribution in [0.4, 0.5) is 0 Å². The van der Waals surface area contributed by atoms with Gasteiger partial charge in [0, 0.05) is 25.7 Å². The third-order valence-electron chi connectivity index (χ3n) is 4.22. The summed E-state index contributed by atoms with van der Waals surface area (Å²) < 4.78 is 0. The fraction of sp³-hybridized carbons (Fsp3) is 1.00. The first-order chi connectivity index (χ1) is 7.27. The summed E-state index contributed by atoms with van der Waals surface area (Å²) in [5, 5.41) is 3.52. The molecule has 1 saturated heterocycles. The van der Waals surface area contributed by atoms with Gasteiger partial charge in [-0.1, -0.05) is 33.1 Å². The minimum absolute atomic E-state index is 0.777. The van der Waals surface area contributed by atoms with Crippen LogP contribution < -0.4 is 5.32 Å². The van der Waals surface area contributed by atoms with E-state index in [-0.39, 0.29) is 0 Å². The molecule has 15 heavy (non-hydrogen) atoms. The number of rotatable bonds is 4. The standard InChI is InChI=1S/C13H26N2/c1-11(2)13-10-14-7-9-15(13)8-6-12-4-3-5-12/h11-14H,3-10H2,1-2H3. The summed E-state index contributed by atoms with van der Waals surface area (Å²) in [5.74, 6) is 1.85. The van der Waals surface area contributed by atoms with Crippen LogP contribution in [0.2, 0.25) is 0 Å².